The number of hydrogen-bond acceptors (Lipinski definition) is 11. The summed E-state index contributed by atoms with van der Waals surface area (Å²) in [6.45, 7) is 2.02. The Morgan fingerprint density at radius 1 is 1.42 bits per heavy atom. The Morgan fingerprint density at radius 3 is 2.84 bits per heavy atom. The molecule has 3 N–H and O–H groups in total. The van der Waals surface area contributed by atoms with Gasteiger partial charge in [-0.25, -0.2) is 9.79 Å². The third-order valence-corrected chi connectivity index (χ3v) is 5.02. The van der Waals surface area contributed by atoms with Crippen LogP contribution in [0, 0.1) is 0 Å². The van der Waals surface area contributed by atoms with Crippen molar-refractivity contribution in [3.8, 4) is 5.75 Å². The molecule has 31 heavy (non-hydrogen) atoms. The minimum atomic E-state index is -0.898. The van der Waals surface area contributed by atoms with Crippen molar-refractivity contribution in [2.24, 2.45) is 10.7 Å². The van der Waals surface area contributed by atoms with Crippen LogP contribution in [-0.2, 0) is 9.53 Å². The zero-order chi connectivity index (χ0) is 22.5. The van der Waals surface area contributed by atoms with Crippen molar-refractivity contribution >= 4 is 44.8 Å². The Balaban J connectivity index is 1.86. The second-order valence-electron chi connectivity index (χ2n) is 6.28. The van der Waals surface area contributed by atoms with Crippen LogP contribution in [0.25, 0.3) is 0 Å². The minimum Gasteiger partial charge on any atom is -0.488 e. The fourth-order valence-electron chi connectivity index (χ4n) is 2.88. The van der Waals surface area contributed by atoms with Gasteiger partial charge in [-0.15, -0.1) is 10.2 Å². The SMILES string of the molecule is COc1c(N2CC[C@@H](OC)C2=O)cc(C(=O)Nc2nnc(N=C(C)C=CN)s2)oc1=O. The molecular formula is C18H20N6O6S. The van der Waals surface area contributed by atoms with E-state index in [2.05, 4.69) is 20.5 Å². The molecule has 12 nitrogen and oxygen atoms in total. The molecule has 0 spiro atoms. The van der Waals surface area contributed by atoms with Gasteiger partial charge in [0.05, 0.1) is 12.8 Å². The average molecular weight is 448 g/mol. The third kappa shape index (κ3) is 4.78. The molecule has 0 saturated carbocycles. The Labute approximate surface area is 180 Å². The topological polar surface area (TPSA) is 162 Å². The molecule has 13 heteroatoms. The number of carbonyl (C=O) groups excluding carboxylic acids is 2. The van der Waals surface area contributed by atoms with E-state index in [-0.39, 0.29) is 28.2 Å². The maximum Gasteiger partial charge on any atom is 0.381 e. The first-order valence-electron chi connectivity index (χ1n) is 9.02. The van der Waals surface area contributed by atoms with Crippen LogP contribution < -0.4 is 26.3 Å². The Hall–Kier alpha value is -3.58. The normalized spacial score (nSPS) is 16.9. The molecule has 2 aromatic heterocycles. The molecule has 1 aliphatic heterocycles. The predicted octanol–water partition coefficient (Wildman–Crippen LogP) is 1.07. The lowest BCUT2D eigenvalue weighted by atomic mass is 10.3. The Kier molecular flexibility index (Phi) is 6.77. The molecule has 0 aliphatic carbocycles. The summed E-state index contributed by atoms with van der Waals surface area (Å²) < 4.78 is 15.3. The summed E-state index contributed by atoms with van der Waals surface area (Å²) in [7, 11) is 2.70. The molecule has 3 heterocycles. The van der Waals surface area contributed by atoms with E-state index >= 15 is 0 Å². The van der Waals surface area contributed by atoms with E-state index in [9.17, 15) is 14.4 Å². The molecule has 0 aromatic carbocycles. The monoisotopic (exact) mass is 448 g/mol. The molecule has 3 rings (SSSR count). The van der Waals surface area contributed by atoms with E-state index in [1.807, 2.05) is 0 Å². The molecule has 0 bridgehead atoms. The number of rotatable bonds is 7. The lowest BCUT2D eigenvalue weighted by Gasteiger charge is -2.18. The summed E-state index contributed by atoms with van der Waals surface area (Å²) in [5, 5.41) is 10.6. The lowest BCUT2D eigenvalue weighted by molar-refractivity contribution is -0.125. The van der Waals surface area contributed by atoms with Crippen LogP contribution in [0.1, 0.15) is 23.9 Å². The summed E-state index contributed by atoms with van der Waals surface area (Å²) >= 11 is 1.01. The highest BCUT2D eigenvalue weighted by Gasteiger charge is 2.35. The average Bonchev–Trinajstić information content (AvgIpc) is 3.33. The highest BCUT2D eigenvalue weighted by atomic mass is 32.1. The van der Waals surface area contributed by atoms with E-state index in [1.165, 1.54) is 31.4 Å². The molecule has 1 aliphatic rings. The van der Waals surface area contributed by atoms with Gasteiger partial charge in [0, 0.05) is 31.9 Å². The molecule has 1 fully saturated rings. The van der Waals surface area contributed by atoms with Gasteiger partial charge >= 0.3 is 5.63 Å². The standard InChI is InChI=1S/C18H20N6O6S/c1-9(4-6-19)20-17-22-23-18(31-17)21-14(25)12-8-10(13(29-3)16(27)30-12)24-7-5-11(28-2)15(24)26/h4,6,8,11H,5,7,19H2,1-3H3,(H,21,23,25)/t11-/m1/s1. The van der Waals surface area contributed by atoms with Crippen LogP contribution in [0.3, 0.4) is 0 Å². The molecule has 164 valence electrons. The molecule has 0 unspecified atom stereocenters. The number of amides is 2. The predicted molar refractivity (Wildman–Crippen MR) is 113 cm³/mol. The maximum absolute atomic E-state index is 12.6. The number of nitrogens with zero attached hydrogens (tertiary/aromatic N) is 4. The second kappa shape index (κ2) is 9.49. The number of nitrogens with two attached hydrogens (primary N) is 1. The van der Waals surface area contributed by atoms with Crippen LogP contribution in [-0.4, -0.2) is 54.6 Å². The summed E-state index contributed by atoms with van der Waals surface area (Å²) in [6.07, 6.45) is 2.73. The number of hydrogen-bond donors (Lipinski definition) is 2. The number of aromatic nitrogens is 2. The van der Waals surface area contributed by atoms with E-state index < -0.39 is 17.6 Å². The first-order valence-corrected chi connectivity index (χ1v) is 9.84. The fraction of sp³-hybridized carbons (Fsp3) is 0.333. The van der Waals surface area contributed by atoms with Crippen LogP contribution in [0.15, 0.2) is 32.5 Å². The van der Waals surface area contributed by atoms with Crippen LogP contribution in [0.5, 0.6) is 5.75 Å². The van der Waals surface area contributed by atoms with E-state index in [0.717, 1.165) is 11.3 Å². The zero-order valence-corrected chi connectivity index (χ0v) is 17.8. The van der Waals surface area contributed by atoms with Gasteiger partial charge in [0.2, 0.25) is 16.0 Å². The maximum atomic E-state index is 12.6. The number of aliphatic imine (C=N–C) groups is 1. The molecule has 0 radical (unpaired) electrons. The van der Waals surface area contributed by atoms with Crippen molar-refractivity contribution in [3.05, 3.63) is 34.5 Å². The summed E-state index contributed by atoms with van der Waals surface area (Å²) in [6, 6.07) is 1.27. The fourth-order valence-corrected chi connectivity index (χ4v) is 3.55. The number of anilines is 2. The zero-order valence-electron chi connectivity index (χ0n) is 16.9. The van der Waals surface area contributed by atoms with Crippen molar-refractivity contribution in [1.29, 1.82) is 0 Å². The van der Waals surface area contributed by atoms with Crippen molar-refractivity contribution < 1.29 is 23.5 Å². The van der Waals surface area contributed by atoms with Gasteiger partial charge < -0.3 is 24.5 Å². The molecular weight excluding hydrogens is 428 g/mol. The van der Waals surface area contributed by atoms with Crippen molar-refractivity contribution in [3.63, 3.8) is 0 Å². The van der Waals surface area contributed by atoms with Gasteiger partial charge in [0.1, 0.15) is 6.10 Å². The largest absolute Gasteiger partial charge is 0.488 e. The van der Waals surface area contributed by atoms with Crippen LogP contribution in [0.2, 0.25) is 0 Å². The first-order chi connectivity index (χ1) is 14.9. The number of nitrogens with one attached hydrogen (secondary N) is 1. The summed E-state index contributed by atoms with van der Waals surface area (Å²) in [5.41, 5.74) is 5.14. The molecule has 2 aromatic rings. The number of methoxy groups -OCH3 is 2. The van der Waals surface area contributed by atoms with Gasteiger partial charge in [0.25, 0.3) is 11.8 Å². The number of carbonyl (C=O) groups is 2. The van der Waals surface area contributed by atoms with Gasteiger partial charge in [0.15, 0.2) is 5.76 Å². The lowest BCUT2D eigenvalue weighted by Crippen LogP contribution is -2.31. The van der Waals surface area contributed by atoms with Gasteiger partial charge in [-0.1, -0.05) is 11.3 Å². The third-order valence-electron chi connectivity index (χ3n) is 4.29. The number of allylic oxidation sites excluding steroid dienone is 1. The summed E-state index contributed by atoms with van der Waals surface area (Å²) in [5.74, 6) is -1.60. The van der Waals surface area contributed by atoms with E-state index in [0.29, 0.717) is 23.8 Å². The Morgan fingerprint density at radius 2 is 2.19 bits per heavy atom. The van der Waals surface area contributed by atoms with Crippen LogP contribution in [0.4, 0.5) is 16.0 Å². The van der Waals surface area contributed by atoms with Crippen molar-refractivity contribution in [1.82, 2.24) is 10.2 Å². The van der Waals surface area contributed by atoms with Gasteiger partial charge in [-0.05, 0) is 19.2 Å². The highest BCUT2D eigenvalue weighted by molar-refractivity contribution is 7.18. The van der Waals surface area contributed by atoms with E-state index in [1.54, 1.807) is 13.0 Å². The van der Waals surface area contributed by atoms with Gasteiger partial charge in [-0.3, -0.25) is 14.9 Å². The molecule has 2 amide bonds. The van der Waals surface area contributed by atoms with Crippen LogP contribution >= 0.6 is 11.3 Å². The van der Waals surface area contributed by atoms with Crippen molar-refractivity contribution in [2.45, 2.75) is 19.4 Å². The Bertz CT molecular complexity index is 1110. The second-order valence-corrected chi connectivity index (χ2v) is 7.23. The number of ether oxygens (including phenoxy) is 2. The van der Waals surface area contributed by atoms with E-state index in [4.69, 9.17) is 19.6 Å². The highest BCUT2D eigenvalue weighted by Crippen LogP contribution is 2.31. The summed E-state index contributed by atoms with van der Waals surface area (Å²) in [4.78, 5) is 43.0. The van der Waals surface area contributed by atoms with Gasteiger partial charge in [-0.2, -0.15) is 0 Å². The molecule has 1 saturated heterocycles. The minimum absolute atomic E-state index is 0.125. The molecule has 1 atom stereocenters. The quantitative estimate of drug-likeness (QED) is 0.590. The smallest absolute Gasteiger partial charge is 0.381 e. The first kappa shape index (κ1) is 22.1. The van der Waals surface area contributed by atoms with Crippen molar-refractivity contribution in [2.75, 3.05) is 31.0 Å².